The third kappa shape index (κ3) is 3.85. The second kappa shape index (κ2) is 7.92. The van der Waals surface area contributed by atoms with Crippen LogP contribution in [0, 0.1) is 0 Å². The Morgan fingerprint density at radius 2 is 1.93 bits per heavy atom. The van der Waals surface area contributed by atoms with Crippen LogP contribution in [0.2, 0.25) is 5.02 Å². The average Bonchev–Trinajstić information content (AvgIpc) is 3.02. The molecule has 0 N–H and O–H groups in total. The first-order chi connectivity index (χ1) is 14.2. The number of carbonyl (C=O) groups excluding carboxylic acids is 1. The molecule has 0 unspecified atom stereocenters. The fourth-order valence-corrected chi connectivity index (χ4v) is 4.57. The van der Waals surface area contributed by atoms with Crippen LogP contribution in [0.5, 0.6) is 0 Å². The first kappa shape index (κ1) is 21.2. The monoisotopic (exact) mass is 502 g/mol. The second-order valence-corrected chi connectivity index (χ2v) is 8.66. The van der Waals surface area contributed by atoms with E-state index in [4.69, 9.17) is 11.6 Å². The van der Waals surface area contributed by atoms with E-state index >= 15 is 0 Å². The van der Waals surface area contributed by atoms with Gasteiger partial charge < -0.3 is 9.80 Å². The van der Waals surface area contributed by atoms with E-state index in [1.165, 1.54) is 17.0 Å². The highest BCUT2D eigenvalue weighted by molar-refractivity contribution is 9.10. The molecule has 2 aliphatic rings. The van der Waals surface area contributed by atoms with Crippen molar-refractivity contribution in [3.63, 3.8) is 0 Å². The Balaban J connectivity index is 1.64. The largest absolute Gasteiger partial charge is 0.418 e. The van der Waals surface area contributed by atoms with Crippen LogP contribution in [-0.2, 0) is 6.18 Å². The third-order valence-electron chi connectivity index (χ3n) is 5.64. The van der Waals surface area contributed by atoms with Gasteiger partial charge in [0.15, 0.2) is 0 Å². The molecular weight excluding hydrogens is 485 g/mol. The summed E-state index contributed by atoms with van der Waals surface area (Å²) in [5.41, 5.74) is -0.126. The minimum atomic E-state index is -4.61. The maximum Gasteiger partial charge on any atom is 0.418 e. The summed E-state index contributed by atoms with van der Waals surface area (Å²) in [6.07, 6.45) is -2.05. The number of nitrogens with zero attached hydrogens (tertiary/aromatic N) is 4. The number of benzene rings is 1. The third-order valence-corrected chi connectivity index (χ3v) is 6.34. The molecule has 2 aliphatic heterocycles. The molecule has 1 aromatic heterocycles. The summed E-state index contributed by atoms with van der Waals surface area (Å²) in [4.78, 5) is 22.4. The molecule has 1 aromatic carbocycles. The van der Waals surface area contributed by atoms with Crippen LogP contribution in [0.3, 0.4) is 0 Å². The lowest BCUT2D eigenvalue weighted by Gasteiger charge is -2.43. The molecule has 4 rings (SSSR count). The van der Waals surface area contributed by atoms with Crippen molar-refractivity contribution in [2.24, 2.45) is 0 Å². The summed E-state index contributed by atoms with van der Waals surface area (Å²) >= 11 is 9.12. The van der Waals surface area contributed by atoms with Crippen molar-refractivity contribution >= 4 is 44.9 Å². The molecule has 0 saturated carbocycles. The molecule has 160 valence electrons. The number of hydrogen-bond donors (Lipinski definition) is 0. The first-order valence-corrected chi connectivity index (χ1v) is 10.7. The maximum atomic E-state index is 13.6. The van der Waals surface area contributed by atoms with E-state index in [1.54, 1.807) is 11.1 Å². The van der Waals surface area contributed by atoms with Crippen LogP contribution in [0.1, 0.15) is 18.9 Å². The molecular formula is C20H19BrClF3N4O. The molecule has 0 radical (unpaired) electrons. The number of amides is 2. The topological polar surface area (TPSA) is 39.7 Å². The number of rotatable bonds is 3. The van der Waals surface area contributed by atoms with Crippen molar-refractivity contribution in [1.82, 2.24) is 9.88 Å². The lowest BCUT2D eigenvalue weighted by Crippen LogP contribution is -2.57. The molecule has 0 bridgehead atoms. The average molecular weight is 504 g/mol. The molecule has 2 saturated heterocycles. The highest BCUT2D eigenvalue weighted by Gasteiger charge is 2.46. The van der Waals surface area contributed by atoms with Crippen LogP contribution in [0.15, 0.2) is 41.1 Å². The molecule has 3 heterocycles. The molecule has 2 atom stereocenters. The van der Waals surface area contributed by atoms with Gasteiger partial charge in [-0.25, -0.2) is 9.78 Å². The highest BCUT2D eigenvalue weighted by atomic mass is 79.9. The molecule has 2 amide bonds. The molecule has 30 heavy (non-hydrogen) atoms. The number of aromatic nitrogens is 1. The summed E-state index contributed by atoms with van der Waals surface area (Å²) < 4.78 is 41.5. The lowest BCUT2D eigenvalue weighted by atomic mass is 10.0. The van der Waals surface area contributed by atoms with Gasteiger partial charge in [0.2, 0.25) is 0 Å². The van der Waals surface area contributed by atoms with Gasteiger partial charge in [0.25, 0.3) is 0 Å². The number of alkyl halides is 3. The summed E-state index contributed by atoms with van der Waals surface area (Å²) in [6.45, 7) is 3.19. The number of anilines is 2. The number of carbonyl (C=O) groups is 1. The van der Waals surface area contributed by atoms with Crippen molar-refractivity contribution in [3.8, 4) is 0 Å². The van der Waals surface area contributed by atoms with Crippen LogP contribution >= 0.6 is 27.5 Å². The van der Waals surface area contributed by atoms with Gasteiger partial charge in [-0.2, -0.15) is 13.2 Å². The lowest BCUT2D eigenvalue weighted by molar-refractivity contribution is -0.137. The van der Waals surface area contributed by atoms with Crippen LogP contribution < -0.4 is 9.80 Å². The van der Waals surface area contributed by atoms with Gasteiger partial charge in [0.05, 0.1) is 29.2 Å². The fourth-order valence-electron chi connectivity index (χ4n) is 4.16. The normalized spacial score (nSPS) is 21.9. The minimum absolute atomic E-state index is 0.0181. The summed E-state index contributed by atoms with van der Waals surface area (Å²) in [6, 6.07) is 6.76. The zero-order chi connectivity index (χ0) is 21.6. The molecule has 10 heteroatoms. The highest BCUT2D eigenvalue weighted by Crippen LogP contribution is 2.40. The number of pyridine rings is 1. The molecule has 2 fully saturated rings. The Hall–Kier alpha value is -2.00. The van der Waals surface area contributed by atoms with Crippen LogP contribution in [-0.4, -0.2) is 47.6 Å². The van der Waals surface area contributed by atoms with E-state index in [9.17, 15) is 18.0 Å². The quantitative estimate of drug-likeness (QED) is 0.525. The standard InChI is InChI=1S/C20H19BrClF3N4O/c1-2-13-9-28-15(10-27(13)14-4-6-18(21)26-8-14)11-29(19(28)30)17-5-3-12(22)7-16(17)20(23,24)25/h3-8,13,15H,2,9-11H2,1H3/t13-,15+/m1/s1. The van der Waals surface area contributed by atoms with Crippen molar-refractivity contribution in [2.45, 2.75) is 31.6 Å². The Morgan fingerprint density at radius 3 is 2.57 bits per heavy atom. The smallest absolute Gasteiger partial charge is 0.363 e. The maximum absolute atomic E-state index is 13.6. The number of urea groups is 1. The van der Waals surface area contributed by atoms with E-state index in [1.807, 2.05) is 19.1 Å². The van der Waals surface area contributed by atoms with Gasteiger partial charge in [-0.15, -0.1) is 0 Å². The summed E-state index contributed by atoms with van der Waals surface area (Å²) in [7, 11) is 0. The summed E-state index contributed by atoms with van der Waals surface area (Å²) in [5, 5.41) is -0.0181. The Bertz CT molecular complexity index is 956. The minimum Gasteiger partial charge on any atom is -0.363 e. The van der Waals surface area contributed by atoms with Gasteiger partial charge in [0, 0.05) is 30.7 Å². The summed E-state index contributed by atoms with van der Waals surface area (Å²) in [5.74, 6) is 0. The Labute approximate surface area is 185 Å². The fraction of sp³-hybridized carbons (Fsp3) is 0.400. The second-order valence-electron chi connectivity index (χ2n) is 7.41. The number of hydrogen-bond acceptors (Lipinski definition) is 3. The SMILES string of the molecule is CC[C@@H]1CN2C(=O)N(c3ccc(Cl)cc3C(F)(F)F)C[C@@H]2CN1c1ccc(Br)nc1. The van der Waals surface area contributed by atoms with Crippen molar-refractivity contribution in [3.05, 3.63) is 51.7 Å². The molecule has 5 nitrogen and oxygen atoms in total. The predicted molar refractivity (Wildman–Crippen MR) is 113 cm³/mol. The van der Waals surface area contributed by atoms with Gasteiger partial charge in [0.1, 0.15) is 4.60 Å². The Kier molecular flexibility index (Phi) is 5.61. The predicted octanol–water partition coefficient (Wildman–Crippen LogP) is 5.43. The molecule has 0 spiro atoms. The van der Waals surface area contributed by atoms with Crippen molar-refractivity contribution in [2.75, 3.05) is 29.4 Å². The Morgan fingerprint density at radius 1 is 1.17 bits per heavy atom. The van der Waals surface area contributed by atoms with E-state index in [2.05, 4.69) is 25.8 Å². The van der Waals surface area contributed by atoms with Crippen molar-refractivity contribution < 1.29 is 18.0 Å². The molecule has 2 aromatic rings. The van der Waals surface area contributed by atoms with Gasteiger partial charge in [-0.1, -0.05) is 18.5 Å². The van der Waals surface area contributed by atoms with E-state index in [0.29, 0.717) is 13.1 Å². The number of piperazine rings is 1. The van der Waals surface area contributed by atoms with Crippen LogP contribution in [0.25, 0.3) is 0 Å². The zero-order valence-electron chi connectivity index (χ0n) is 16.0. The van der Waals surface area contributed by atoms with Gasteiger partial charge >= 0.3 is 12.2 Å². The van der Waals surface area contributed by atoms with Crippen molar-refractivity contribution in [1.29, 1.82) is 0 Å². The first-order valence-electron chi connectivity index (χ1n) is 9.52. The van der Waals surface area contributed by atoms with Crippen LogP contribution in [0.4, 0.5) is 29.3 Å². The van der Waals surface area contributed by atoms with E-state index < -0.39 is 17.8 Å². The van der Waals surface area contributed by atoms with E-state index in [0.717, 1.165) is 22.8 Å². The van der Waals surface area contributed by atoms with Gasteiger partial charge in [-0.05, 0) is 52.7 Å². The number of fused-ring (bicyclic) bond motifs is 1. The number of halogens is 5. The van der Waals surface area contributed by atoms with E-state index in [-0.39, 0.29) is 29.3 Å². The zero-order valence-corrected chi connectivity index (χ0v) is 18.4. The molecule has 0 aliphatic carbocycles. The van der Waals surface area contributed by atoms with Gasteiger partial charge in [-0.3, -0.25) is 4.90 Å².